The highest BCUT2D eigenvalue weighted by Crippen LogP contribution is 2.44. The molecule has 0 radical (unpaired) electrons. The molecule has 2 aliphatic rings. The van der Waals surface area contributed by atoms with E-state index in [9.17, 15) is 4.79 Å². The Bertz CT molecular complexity index is 1500. The molecule has 2 amide bonds. The van der Waals surface area contributed by atoms with Gasteiger partial charge in [-0.2, -0.15) is 0 Å². The maximum Gasteiger partial charge on any atom is 0.323 e. The highest BCUT2D eigenvalue weighted by molar-refractivity contribution is 7.15. The zero-order valence-corrected chi connectivity index (χ0v) is 23.7. The minimum Gasteiger partial charge on any atom is -0.497 e. The fourth-order valence-corrected chi connectivity index (χ4v) is 7.19. The Morgan fingerprint density at radius 2 is 1.79 bits per heavy atom. The van der Waals surface area contributed by atoms with Gasteiger partial charge >= 0.3 is 6.03 Å². The van der Waals surface area contributed by atoms with Gasteiger partial charge in [-0.1, -0.05) is 12.1 Å². The summed E-state index contributed by atoms with van der Waals surface area (Å²) in [4.78, 5) is 19.8. The third-order valence-corrected chi connectivity index (χ3v) is 9.15. The monoisotopic (exact) mass is 542 g/mol. The predicted octanol–water partition coefficient (Wildman–Crippen LogP) is 6.64. The van der Waals surface area contributed by atoms with Crippen molar-refractivity contribution < 1.29 is 14.3 Å². The Balaban J connectivity index is 1.48. The fraction of sp³-hybridized carbons (Fsp3) is 0.323. The van der Waals surface area contributed by atoms with Crippen LogP contribution in [0.5, 0.6) is 11.5 Å². The number of urea groups is 1. The standard InChI is InChI=1S/C31H34N4O3S/c1-33(2)21-13-11-20(12-14-21)29-26-9-7-17-34(26)30-24(23-8-5-6-10-28(23)39-30)19-35(29)31(36)32-25-18-22(37-3)15-16-27(25)38-4/h7,9,11-18,29H,5-6,8,10,19H2,1-4H3,(H,32,36)/t29-/m1/s1. The average Bonchev–Trinajstić information content (AvgIpc) is 3.55. The van der Waals surface area contributed by atoms with E-state index in [0.717, 1.165) is 29.8 Å². The van der Waals surface area contributed by atoms with E-state index in [-0.39, 0.29) is 12.1 Å². The van der Waals surface area contributed by atoms with Gasteiger partial charge in [-0.25, -0.2) is 4.79 Å². The Labute approximate surface area is 233 Å². The molecule has 4 aromatic rings. The van der Waals surface area contributed by atoms with Crippen molar-refractivity contribution in [3.05, 3.63) is 88.1 Å². The van der Waals surface area contributed by atoms with Crippen molar-refractivity contribution in [3.63, 3.8) is 0 Å². The van der Waals surface area contributed by atoms with Gasteiger partial charge in [0.05, 0.1) is 38.2 Å². The van der Waals surface area contributed by atoms with Crippen molar-refractivity contribution >= 4 is 28.7 Å². The molecule has 6 rings (SSSR count). The summed E-state index contributed by atoms with van der Waals surface area (Å²) >= 11 is 1.89. The molecule has 7 nitrogen and oxygen atoms in total. The zero-order chi connectivity index (χ0) is 27.1. The molecular formula is C31H34N4O3S. The minimum atomic E-state index is -0.272. The molecule has 2 aromatic carbocycles. The van der Waals surface area contributed by atoms with Gasteiger partial charge in [-0.05, 0) is 73.2 Å². The Morgan fingerprint density at radius 3 is 2.54 bits per heavy atom. The number of aryl methyl sites for hydroxylation is 1. The largest absolute Gasteiger partial charge is 0.497 e. The molecule has 2 aromatic heterocycles. The highest BCUT2D eigenvalue weighted by atomic mass is 32.1. The lowest BCUT2D eigenvalue weighted by Crippen LogP contribution is -2.38. The second kappa shape index (κ2) is 10.3. The van der Waals surface area contributed by atoms with Crippen LogP contribution in [-0.2, 0) is 19.4 Å². The van der Waals surface area contributed by atoms with Crippen molar-refractivity contribution in [1.29, 1.82) is 0 Å². The number of amides is 2. The number of anilines is 2. The number of thiophene rings is 1. The van der Waals surface area contributed by atoms with Crippen LogP contribution < -0.4 is 19.7 Å². The summed E-state index contributed by atoms with van der Waals surface area (Å²) < 4.78 is 13.3. The van der Waals surface area contributed by atoms with E-state index in [1.165, 1.54) is 33.8 Å². The molecule has 1 N–H and O–H groups in total. The first kappa shape index (κ1) is 25.4. The van der Waals surface area contributed by atoms with Gasteiger partial charge < -0.3 is 29.2 Å². The molecule has 202 valence electrons. The first-order chi connectivity index (χ1) is 19.0. The van der Waals surface area contributed by atoms with Gasteiger partial charge in [0.1, 0.15) is 16.5 Å². The SMILES string of the molecule is COc1ccc(OC)c(NC(=O)N2Cc3c(sc4c3CCCC4)-n3cccc3[C@H]2c2ccc(N(C)C)cc2)c1. The highest BCUT2D eigenvalue weighted by Gasteiger charge is 2.36. The Hall–Kier alpha value is -3.91. The molecule has 0 saturated carbocycles. The predicted molar refractivity (Wildman–Crippen MR) is 157 cm³/mol. The minimum absolute atomic E-state index is 0.181. The lowest BCUT2D eigenvalue weighted by molar-refractivity contribution is 0.194. The molecule has 8 heteroatoms. The normalized spacial score (nSPS) is 16.0. The van der Waals surface area contributed by atoms with Crippen molar-refractivity contribution in [2.45, 2.75) is 38.3 Å². The number of fused-ring (bicyclic) bond motifs is 5. The van der Waals surface area contributed by atoms with Gasteiger partial charge in [0.2, 0.25) is 0 Å². The molecular weight excluding hydrogens is 508 g/mol. The van der Waals surface area contributed by atoms with Crippen LogP contribution in [0.3, 0.4) is 0 Å². The number of hydrogen-bond acceptors (Lipinski definition) is 5. The van der Waals surface area contributed by atoms with Crippen molar-refractivity contribution in [2.75, 3.05) is 38.5 Å². The molecule has 39 heavy (non-hydrogen) atoms. The van der Waals surface area contributed by atoms with Crippen LogP contribution in [0.1, 0.15) is 46.1 Å². The zero-order valence-electron chi connectivity index (χ0n) is 22.9. The fourth-order valence-electron chi connectivity index (χ4n) is 5.79. The van der Waals surface area contributed by atoms with Gasteiger partial charge in [-0.15, -0.1) is 11.3 Å². The van der Waals surface area contributed by atoms with E-state index in [2.05, 4.69) is 57.4 Å². The quantitative estimate of drug-likeness (QED) is 0.307. The van der Waals surface area contributed by atoms with Crippen LogP contribution >= 0.6 is 11.3 Å². The number of nitrogens with zero attached hydrogens (tertiary/aromatic N) is 3. The molecule has 1 atom stereocenters. The van der Waals surface area contributed by atoms with E-state index in [4.69, 9.17) is 9.47 Å². The molecule has 1 aliphatic heterocycles. The Kier molecular flexibility index (Phi) is 6.73. The van der Waals surface area contributed by atoms with E-state index in [1.807, 2.05) is 42.5 Å². The summed E-state index contributed by atoms with van der Waals surface area (Å²) in [5, 5.41) is 4.40. The molecule has 1 aliphatic carbocycles. The third-order valence-electron chi connectivity index (χ3n) is 7.81. The topological polar surface area (TPSA) is 59.0 Å². The van der Waals surface area contributed by atoms with Crippen molar-refractivity contribution in [1.82, 2.24) is 9.47 Å². The number of benzene rings is 2. The van der Waals surface area contributed by atoms with Crippen LogP contribution in [0, 0.1) is 0 Å². The van der Waals surface area contributed by atoms with Crippen LogP contribution in [0.15, 0.2) is 60.8 Å². The average molecular weight is 543 g/mol. The molecule has 0 fully saturated rings. The summed E-state index contributed by atoms with van der Waals surface area (Å²) in [5.74, 6) is 1.24. The molecule has 0 unspecified atom stereocenters. The number of nitrogens with one attached hydrogen (secondary N) is 1. The van der Waals surface area contributed by atoms with Gasteiger partial charge in [0.25, 0.3) is 0 Å². The Morgan fingerprint density at radius 1 is 1.00 bits per heavy atom. The van der Waals surface area contributed by atoms with Crippen LogP contribution in [0.2, 0.25) is 0 Å². The smallest absolute Gasteiger partial charge is 0.323 e. The van der Waals surface area contributed by atoms with Crippen LogP contribution in [0.25, 0.3) is 5.00 Å². The molecule has 3 heterocycles. The number of aromatic nitrogens is 1. The maximum absolute atomic E-state index is 14.3. The van der Waals surface area contributed by atoms with E-state index >= 15 is 0 Å². The lowest BCUT2D eigenvalue weighted by atomic mass is 9.95. The second-order valence-electron chi connectivity index (χ2n) is 10.3. The first-order valence-electron chi connectivity index (χ1n) is 13.4. The van der Waals surface area contributed by atoms with E-state index in [0.29, 0.717) is 23.7 Å². The first-order valence-corrected chi connectivity index (χ1v) is 14.2. The van der Waals surface area contributed by atoms with Gasteiger partial charge in [0.15, 0.2) is 0 Å². The van der Waals surface area contributed by atoms with Crippen molar-refractivity contribution in [3.8, 4) is 16.5 Å². The summed E-state index contributed by atoms with van der Waals surface area (Å²) in [6, 6.07) is 17.7. The summed E-state index contributed by atoms with van der Waals surface area (Å²) in [5.41, 5.74) is 6.55. The van der Waals surface area contributed by atoms with Crippen molar-refractivity contribution in [2.24, 2.45) is 0 Å². The van der Waals surface area contributed by atoms with Crippen LogP contribution in [-0.4, -0.2) is 43.8 Å². The number of ether oxygens (including phenoxy) is 2. The second-order valence-corrected chi connectivity index (χ2v) is 11.4. The summed E-state index contributed by atoms with van der Waals surface area (Å²) in [6.07, 6.45) is 6.75. The number of rotatable bonds is 5. The number of carbonyl (C=O) groups is 1. The van der Waals surface area contributed by atoms with Gasteiger partial charge in [-0.3, -0.25) is 0 Å². The molecule has 0 spiro atoms. The summed E-state index contributed by atoms with van der Waals surface area (Å²) in [6.45, 7) is 0.529. The molecule has 0 bridgehead atoms. The van der Waals surface area contributed by atoms with E-state index < -0.39 is 0 Å². The van der Waals surface area contributed by atoms with Gasteiger partial charge in [0, 0.05) is 42.5 Å². The molecule has 0 saturated heterocycles. The number of hydrogen-bond donors (Lipinski definition) is 1. The number of carbonyl (C=O) groups excluding carboxylic acids is 1. The van der Waals surface area contributed by atoms with E-state index in [1.54, 1.807) is 20.3 Å². The lowest BCUT2D eigenvalue weighted by Gasteiger charge is -2.32. The maximum atomic E-state index is 14.3. The summed E-state index contributed by atoms with van der Waals surface area (Å²) in [7, 11) is 7.29. The number of methoxy groups -OCH3 is 2. The van der Waals surface area contributed by atoms with Crippen LogP contribution in [0.4, 0.5) is 16.2 Å². The third kappa shape index (κ3) is 4.52.